The van der Waals surface area contributed by atoms with Gasteiger partial charge in [0.2, 0.25) is 0 Å². The highest BCUT2D eigenvalue weighted by Gasteiger charge is 2.33. The first-order valence-electron chi connectivity index (χ1n) is 8.58. The highest BCUT2D eigenvalue weighted by atomic mass is 32.2. The van der Waals surface area contributed by atoms with E-state index in [9.17, 15) is 12.8 Å². The Kier molecular flexibility index (Phi) is 5.25. The summed E-state index contributed by atoms with van der Waals surface area (Å²) in [6, 6.07) is 13.5. The van der Waals surface area contributed by atoms with Crippen molar-refractivity contribution in [3.63, 3.8) is 0 Å². The zero-order chi connectivity index (χ0) is 18.0. The average molecular weight is 361 g/mol. The van der Waals surface area contributed by atoms with E-state index in [0.717, 1.165) is 30.6 Å². The third kappa shape index (κ3) is 4.28. The average Bonchev–Trinajstić information content (AvgIpc) is 2.56. The number of halogens is 1. The minimum Gasteiger partial charge on any atom is -0.306 e. The van der Waals surface area contributed by atoms with Gasteiger partial charge in [0.15, 0.2) is 9.84 Å². The molecule has 1 aliphatic heterocycles. The number of benzene rings is 2. The fourth-order valence-corrected chi connectivity index (χ4v) is 5.30. The molecule has 0 N–H and O–H groups in total. The largest absolute Gasteiger partial charge is 0.306 e. The number of nitrogens with zero attached hydrogens (tertiary/aromatic N) is 1. The number of rotatable bonds is 4. The molecule has 0 aliphatic carbocycles. The first-order chi connectivity index (χ1) is 11.8. The van der Waals surface area contributed by atoms with Crippen molar-refractivity contribution in [3.8, 4) is 0 Å². The van der Waals surface area contributed by atoms with Gasteiger partial charge in [-0.2, -0.15) is 0 Å². The molecule has 0 saturated carbocycles. The van der Waals surface area contributed by atoms with Crippen LogP contribution < -0.4 is 0 Å². The first-order valence-corrected chi connectivity index (χ1v) is 10.2. The van der Waals surface area contributed by atoms with Crippen molar-refractivity contribution in [1.82, 2.24) is 4.90 Å². The Morgan fingerprint density at radius 1 is 1.08 bits per heavy atom. The number of piperidine rings is 1. The summed E-state index contributed by atoms with van der Waals surface area (Å²) < 4.78 is 39.0. The van der Waals surface area contributed by atoms with Gasteiger partial charge in [-0.05, 0) is 68.6 Å². The van der Waals surface area contributed by atoms with Gasteiger partial charge in [-0.3, -0.25) is 0 Å². The number of hydrogen-bond donors (Lipinski definition) is 0. The molecule has 1 aliphatic rings. The third-order valence-electron chi connectivity index (χ3n) is 5.05. The Balaban J connectivity index is 1.86. The van der Waals surface area contributed by atoms with E-state index >= 15 is 0 Å². The van der Waals surface area contributed by atoms with E-state index in [1.807, 2.05) is 26.1 Å². The third-order valence-corrected chi connectivity index (χ3v) is 6.91. The molecule has 0 amide bonds. The van der Waals surface area contributed by atoms with Crippen LogP contribution >= 0.6 is 0 Å². The van der Waals surface area contributed by atoms with Crippen molar-refractivity contribution in [1.29, 1.82) is 0 Å². The summed E-state index contributed by atoms with van der Waals surface area (Å²) >= 11 is 0. The molecule has 3 rings (SSSR count). The molecule has 0 spiro atoms. The quantitative estimate of drug-likeness (QED) is 0.834. The molecule has 5 heteroatoms. The van der Waals surface area contributed by atoms with Crippen LogP contribution in [0.1, 0.15) is 23.5 Å². The Hall–Kier alpha value is -1.72. The monoisotopic (exact) mass is 361 g/mol. The summed E-state index contributed by atoms with van der Waals surface area (Å²) in [5.74, 6) is -0.0179. The lowest BCUT2D eigenvalue weighted by atomic mass is 9.81. The molecule has 0 radical (unpaired) electrons. The highest BCUT2D eigenvalue weighted by Crippen LogP contribution is 2.34. The van der Waals surface area contributed by atoms with Crippen LogP contribution in [0.3, 0.4) is 0 Å². The van der Waals surface area contributed by atoms with Crippen LogP contribution in [-0.2, 0) is 9.84 Å². The molecule has 0 bridgehead atoms. The maximum absolute atomic E-state index is 13.2. The minimum absolute atomic E-state index is 0.00415. The summed E-state index contributed by atoms with van der Waals surface area (Å²) in [5, 5.41) is 0. The first kappa shape index (κ1) is 18.1. The van der Waals surface area contributed by atoms with Crippen LogP contribution in [0, 0.1) is 18.7 Å². The second-order valence-corrected chi connectivity index (χ2v) is 9.10. The standard InChI is InChI=1S/C20H24FNO2S/c1-15-3-9-19(10-4-15)25(23,24)14-17-13-22(2)12-11-20(17)16-5-7-18(21)8-6-16/h3-10,17,20H,11-14H2,1-2H3/t17-,20-/m0/s1. The lowest BCUT2D eigenvalue weighted by molar-refractivity contribution is 0.197. The molecule has 2 aromatic rings. The van der Waals surface area contributed by atoms with Crippen molar-refractivity contribution >= 4 is 9.84 Å². The van der Waals surface area contributed by atoms with E-state index in [-0.39, 0.29) is 23.4 Å². The SMILES string of the molecule is Cc1ccc(S(=O)(=O)C[C@@H]2CN(C)CC[C@H]2c2ccc(F)cc2)cc1. The predicted molar refractivity (Wildman–Crippen MR) is 98.0 cm³/mol. The fraction of sp³-hybridized carbons (Fsp3) is 0.400. The van der Waals surface area contributed by atoms with Gasteiger partial charge in [-0.1, -0.05) is 29.8 Å². The van der Waals surface area contributed by atoms with Gasteiger partial charge in [-0.25, -0.2) is 12.8 Å². The van der Waals surface area contributed by atoms with Gasteiger partial charge < -0.3 is 4.90 Å². The Morgan fingerprint density at radius 3 is 2.36 bits per heavy atom. The van der Waals surface area contributed by atoms with Crippen LogP contribution in [0.25, 0.3) is 0 Å². The fourth-order valence-electron chi connectivity index (χ4n) is 3.66. The smallest absolute Gasteiger partial charge is 0.178 e. The van der Waals surface area contributed by atoms with Crippen LogP contribution in [0.2, 0.25) is 0 Å². The molecule has 134 valence electrons. The summed E-state index contributed by atoms with van der Waals surface area (Å²) in [4.78, 5) is 2.55. The molecule has 2 aromatic carbocycles. The molecule has 25 heavy (non-hydrogen) atoms. The Labute approximate surface area is 149 Å². The summed E-state index contributed by atoms with van der Waals surface area (Å²) in [5.41, 5.74) is 2.07. The van der Waals surface area contributed by atoms with Gasteiger partial charge >= 0.3 is 0 Å². The molecular formula is C20H24FNO2S. The van der Waals surface area contributed by atoms with Crippen molar-refractivity contribution in [2.75, 3.05) is 25.9 Å². The molecule has 3 nitrogen and oxygen atoms in total. The summed E-state index contributed by atoms with van der Waals surface area (Å²) in [6.45, 7) is 3.59. The van der Waals surface area contributed by atoms with Crippen molar-refractivity contribution in [3.05, 3.63) is 65.5 Å². The molecule has 1 fully saturated rings. The number of likely N-dealkylation sites (tertiary alicyclic amines) is 1. The number of aryl methyl sites for hydroxylation is 1. The molecule has 2 atom stereocenters. The van der Waals surface area contributed by atoms with Crippen molar-refractivity contribution < 1.29 is 12.8 Å². The van der Waals surface area contributed by atoms with Gasteiger partial charge in [-0.15, -0.1) is 0 Å². The zero-order valence-electron chi connectivity index (χ0n) is 14.7. The molecule has 0 unspecified atom stereocenters. The normalized spacial score (nSPS) is 22.0. The maximum atomic E-state index is 13.2. The second-order valence-electron chi connectivity index (χ2n) is 7.06. The van der Waals surface area contributed by atoms with Gasteiger partial charge in [0.1, 0.15) is 5.82 Å². The maximum Gasteiger partial charge on any atom is 0.178 e. The number of sulfone groups is 1. The van der Waals surface area contributed by atoms with Gasteiger partial charge in [0.25, 0.3) is 0 Å². The topological polar surface area (TPSA) is 37.4 Å². The van der Waals surface area contributed by atoms with E-state index in [1.165, 1.54) is 12.1 Å². The molecule has 1 heterocycles. The zero-order valence-corrected chi connectivity index (χ0v) is 15.5. The lowest BCUT2D eigenvalue weighted by Gasteiger charge is -2.37. The van der Waals surface area contributed by atoms with Crippen LogP contribution in [0.5, 0.6) is 0 Å². The van der Waals surface area contributed by atoms with E-state index in [0.29, 0.717) is 4.90 Å². The molecular weight excluding hydrogens is 337 g/mol. The van der Waals surface area contributed by atoms with E-state index in [1.54, 1.807) is 24.3 Å². The minimum atomic E-state index is -3.35. The second kappa shape index (κ2) is 7.26. The molecule has 0 aromatic heterocycles. The highest BCUT2D eigenvalue weighted by molar-refractivity contribution is 7.91. The Morgan fingerprint density at radius 2 is 1.72 bits per heavy atom. The van der Waals surface area contributed by atoms with Crippen LogP contribution in [0.4, 0.5) is 4.39 Å². The number of hydrogen-bond acceptors (Lipinski definition) is 3. The molecule has 1 saturated heterocycles. The Bertz CT molecular complexity index is 816. The van der Waals surface area contributed by atoms with Crippen molar-refractivity contribution in [2.24, 2.45) is 5.92 Å². The van der Waals surface area contributed by atoms with E-state index in [2.05, 4.69) is 4.90 Å². The van der Waals surface area contributed by atoms with Crippen molar-refractivity contribution in [2.45, 2.75) is 24.2 Å². The van der Waals surface area contributed by atoms with E-state index in [4.69, 9.17) is 0 Å². The van der Waals surface area contributed by atoms with Crippen LogP contribution in [0.15, 0.2) is 53.4 Å². The van der Waals surface area contributed by atoms with E-state index < -0.39 is 9.84 Å². The summed E-state index contributed by atoms with van der Waals surface area (Å²) in [6.07, 6.45) is 0.885. The lowest BCUT2D eigenvalue weighted by Crippen LogP contribution is -2.40. The van der Waals surface area contributed by atoms with Gasteiger partial charge in [0, 0.05) is 6.54 Å². The summed E-state index contributed by atoms with van der Waals surface area (Å²) in [7, 11) is -1.33. The van der Waals surface area contributed by atoms with Gasteiger partial charge in [0.05, 0.1) is 10.6 Å². The predicted octanol–water partition coefficient (Wildman–Crippen LogP) is 3.64. The van der Waals surface area contributed by atoms with Crippen LogP contribution in [-0.4, -0.2) is 39.2 Å².